The van der Waals surface area contributed by atoms with E-state index in [4.69, 9.17) is 9.47 Å². The van der Waals surface area contributed by atoms with Gasteiger partial charge in [-0.1, -0.05) is 50.5 Å². The van der Waals surface area contributed by atoms with Crippen molar-refractivity contribution in [2.24, 2.45) is 0 Å². The molecule has 5 nitrogen and oxygen atoms in total. The number of para-hydroxylation sites is 1. The summed E-state index contributed by atoms with van der Waals surface area (Å²) < 4.78 is 10.8. The topological polar surface area (TPSA) is 72.8 Å². The number of aromatic hydroxyl groups is 1. The van der Waals surface area contributed by atoms with Gasteiger partial charge < -0.3 is 14.6 Å². The summed E-state index contributed by atoms with van der Waals surface area (Å²) in [6, 6.07) is 13.0. The summed E-state index contributed by atoms with van der Waals surface area (Å²) in [5, 5.41) is 9.74. The Balaban J connectivity index is 1.90. The highest BCUT2D eigenvalue weighted by Gasteiger charge is 2.13. The SMILES string of the molecule is CCCCCCC(C)OC(=O)/C(C)=C/c1ccc(OC(=O)c2ccccc2O)cc1. The number of hydrogen-bond acceptors (Lipinski definition) is 5. The van der Waals surface area contributed by atoms with Crippen LogP contribution in [0.2, 0.25) is 0 Å². The summed E-state index contributed by atoms with van der Waals surface area (Å²) in [4.78, 5) is 24.4. The maximum absolute atomic E-state index is 12.3. The van der Waals surface area contributed by atoms with Gasteiger partial charge in [0.05, 0.1) is 6.10 Å². The minimum Gasteiger partial charge on any atom is -0.507 e. The Morgan fingerprint density at radius 1 is 1.03 bits per heavy atom. The van der Waals surface area contributed by atoms with Crippen LogP contribution in [0, 0.1) is 0 Å². The van der Waals surface area contributed by atoms with Gasteiger partial charge in [-0.25, -0.2) is 9.59 Å². The molecule has 1 atom stereocenters. The molecule has 0 saturated carbocycles. The van der Waals surface area contributed by atoms with E-state index in [0.717, 1.165) is 24.8 Å². The van der Waals surface area contributed by atoms with E-state index < -0.39 is 5.97 Å². The van der Waals surface area contributed by atoms with Crippen molar-refractivity contribution in [1.29, 1.82) is 0 Å². The molecule has 0 amide bonds. The van der Waals surface area contributed by atoms with Crippen molar-refractivity contribution in [3.8, 4) is 11.5 Å². The van der Waals surface area contributed by atoms with Crippen molar-refractivity contribution in [3.63, 3.8) is 0 Å². The first-order valence-corrected chi connectivity index (χ1v) is 10.4. The molecule has 160 valence electrons. The molecular formula is C25H30O5. The maximum Gasteiger partial charge on any atom is 0.347 e. The van der Waals surface area contributed by atoms with Crippen LogP contribution < -0.4 is 4.74 Å². The minimum absolute atomic E-state index is 0.101. The van der Waals surface area contributed by atoms with Gasteiger partial charge in [0.15, 0.2) is 0 Å². The molecule has 0 bridgehead atoms. The van der Waals surface area contributed by atoms with Gasteiger partial charge in [0, 0.05) is 5.57 Å². The van der Waals surface area contributed by atoms with Crippen LogP contribution in [-0.4, -0.2) is 23.1 Å². The Bertz CT molecular complexity index is 867. The number of hydrogen-bond donors (Lipinski definition) is 1. The van der Waals surface area contributed by atoms with E-state index in [2.05, 4.69) is 6.92 Å². The molecule has 1 N–H and O–H groups in total. The van der Waals surface area contributed by atoms with Gasteiger partial charge in [-0.3, -0.25) is 0 Å². The Kier molecular flexibility index (Phi) is 9.13. The number of esters is 2. The van der Waals surface area contributed by atoms with Gasteiger partial charge >= 0.3 is 11.9 Å². The van der Waals surface area contributed by atoms with E-state index in [1.165, 1.54) is 25.0 Å². The van der Waals surface area contributed by atoms with Gasteiger partial charge in [0.1, 0.15) is 17.1 Å². The predicted octanol–water partition coefficient (Wildman–Crippen LogP) is 5.92. The van der Waals surface area contributed by atoms with Gasteiger partial charge in [-0.2, -0.15) is 0 Å². The van der Waals surface area contributed by atoms with Gasteiger partial charge in [0.25, 0.3) is 0 Å². The van der Waals surface area contributed by atoms with E-state index >= 15 is 0 Å². The Hall–Kier alpha value is -3.08. The van der Waals surface area contributed by atoms with Crippen LogP contribution in [0.15, 0.2) is 54.1 Å². The largest absolute Gasteiger partial charge is 0.507 e. The molecule has 30 heavy (non-hydrogen) atoms. The van der Waals surface area contributed by atoms with E-state index in [-0.39, 0.29) is 23.4 Å². The van der Waals surface area contributed by atoms with Crippen LogP contribution in [0.25, 0.3) is 6.08 Å². The molecule has 2 aromatic carbocycles. The Labute approximate surface area is 178 Å². The summed E-state index contributed by atoms with van der Waals surface area (Å²) in [5.41, 5.74) is 1.40. The molecule has 0 aliphatic heterocycles. The van der Waals surface area contributed by atoms with Crippen LogP contribution in [0.3, 0.4) is 0 Å². The molecule has 0 aromatic heterocycles. The van der Waals surface area contributed by atoms with E-state index in [1.54, 1.807) is 49.4 Å². The third-order valence-electron chi connectivity index (χ3n) is 4.69. The fourth-order valence-corrected chi connectivity index (χ4v) is 2.94. The molecule has 5 heteroatoms. The number of carbonyl (C=O) groups is 2. The first-order chi connectivity index (χ1) is 14.4. The van der Waals surface area contributed by atoms with Crippen LogP contribution in [0.4, 0.5) is 0 Å². The standard InChI is InChI=1S/C25H30O5/c1-4-5-6-7-10-19(3)29-24(27)18(2)17-20-13-15-21(16-14-20)30-25(28)22-11-8-9-12-23(22)26/h8-9,11-17,19,26H,4-7,10H2,1-3H3/b18-17+. The van der Waals surface area contributed by atoms with Gasteiger partial charge in [-0.15, -0.1) is 0 Å². The predicted molar refractivity (Wildman–Crippen MR) is 117 cm³/mol. The molecule has 2 rings (SSSR count). The Morgan fingerprint density at radius 3 is 2.40 bits per heavy atom. The number of benzene rings is 2. The van der Waals surface area contributed by atoms with Crippen molar-refractivity contribution >= 4 is 18.0 Å². The molecule has 0 spiro atoms. The number of unbranched alkanes of at least 4 members (excludes halogenated alkanes) is 3. The Morgan fingerprint density at radius 2 is 1.73 bits per heavy atom. The van der Waals surface area contributed by atoms with Crippen molar-refractivity contribution in [2.75, 3.05) is 0 Å². The highest BCUT2D eigenvalue weighted by atomic mass is 16.5. The second kappa shape index (κ2) is 11.8. The summed E-state index contributed by atoms with van der Waals surface area (Å²) in [7, 11) is 0. The fraction of sp³-hybridized carbons (Fsp3) is 0.360. The zero-order valence-electron chi connectivity index (χ0n) is 17.9. The van der Waals surface area contributed by atoms with E-state index in [9.17, 15) is 14.7 Å². The van der Waals surface area contributed by atoms with Crippen molar-refractivity contribution in [1.82, 2.24) is 0 Å². The molecule has 0 aliphatic carbocycles. The number of phenolic OH excluding ortho intramolecular Hbond substituents is 1. The molecule has 0 fully saturated rings. The minimum atomic E-state index is -0.635. The molecule has 0 saturated heterocycles. The number of ether oxygens (including phenoxy) is 2. The average molecular weight is 411 g/mol. The monoisotopic (exact) mass is 410 g/mol. The second-order valence-corrected chi connectivity index (χ2v) is 7.37. The van der Waals surface area contributed by atoms with E-state index in [1.807, 2.05) is 6.92 Å². The second-order valence-electron chi connectivity index (χ2n) is 7.37. The molecule has 0 radical (unpaired) electrons. The summed E-state index contributed by atoms with van der Waals surface area (Å²) >= 11 is 0. The number of phenols is 1. The highest BCUT2D eigenvalue weighted by Crippen LogP contribution is 2.20. The van der Waals surface area contributed by atoms with Crippen LogP contribution in [0.1, 0.15) is 68.8 Å². The number of carbonyl (C=O) groups excluding carboxylic acids is 2. The maximum atomic E-state index is 12.3. The van der Waals surface area contributed by atoms with Crippen molar-refractivity contribution in [3.05, 3.63) is 65.2 Å². The molecule has 1 unspecified atom stereocenters. The lowest BCUT2D eigenvalue weighted by Crippen LogP contribution is -2.15. The summed E-state index contributed by atoms with van der Waals surface area (Å²) in [5.74, 6) is -0.741. The molecule has 0 aliphatic rings. The smallest absolute Gasteiger partial charge is 0.347 e. The number of rotatable bonds is 10. The summed E-state index contributed by atoms with van der Waals surface area (Å²) in [6.45, 7) is 5.81. The van der Waals surface area contributed by atoms with Gasteiger partial charge in [-0.05, 0) is 62.6 Å². The lowest BCUT2D eigenvalue weighted by molar-refractivity contribution is -0.143. The van der Waals surface area contributed by atoms with Crippen LogP contribution in [-0.2, 0) is 9.53 Å². The third-order valence-corrected chi connectivity index (χ3v) is 4.69. The lowest BCUT2D eigenvalue weighted by Gasteiger charge is -2.13. The molecule has 2 aromatic rings. The molecule has 0 heterocycles. The van der Waals surface area contributed by atoms with Crippen molar-refractivity contribution in [2.45, 2.75) is 59.0 Å². The highest BCUT2D eigenvalue weighted by molar-refractivity contribution is 5.94. The first-order valence-electron chi connectivity index (χ1n) is 10.4. The normalized spacial score (nSPS) is 12.3. The van der Waals surface area contributed by atoms with Crippen LogP contribution in [0.5, 0.6) is 11.5 Å². The van der Waals surface area contributed by atoms with E-state index in [0.29, 0.717) is 11.3 Å². The van der Waals surface area contributed by atoms with Crippen LogP contribution >= 0.6 is 0 Å². The van der Waals surface area contributed by atoms with Gasteiger partial charge in [0.2, 0.25) is 0 Å². The quantitative estimate of drug-likeness (QED) is 0.228. The zero-order chi connectivity index (χ0) is 21.9. The van der Waals surface area contributed by atoms with Crippen molar-refractivity contribution < 1.29 is 24.2 Å². The summed E-state index contributed by atoms with van der Waals surface area (Å²) in [6.07, 6.45) is 7.12. The third kappa shape index (κ3) is 7.39. The molecular weight excluding hydrogens is 380 g/mol. The fourth-order valence-electron chi connectivity index (χ4n) is 2.94. The average Bonchev–Trinajstić information content (AvgIpc) is 2.72. The lowest BCUT2D eigenvalue weighted by atomic mass is 10.1. The zero-order valence-corrected chi connectivity index (χ0v) is 17.9. The first kappa shape index (κ1) is 23.2.